The Morgan fingerprint density at radius 1 is 1.24 bits per heavy atom. The van der Waals surface area contributed by atoms with E-state index in [9.17, 15) is 0 Å². The summed E-state index contributed by atoms with van der Waals surface area (Å²) in [4.78, 5) is 2.60. The summed E-state index contributed by atoms with van der Waals surface area (Å²) in [6, 6.07) is 8.80. The number of ether oxygens (including phenoxy) is 1. The molecular formula is C18H28N2O. The number of hydrogen-bond acceptors (Lipinski definition) is 3. The van der Waals surface area contributed by atoms with E-state index in [1.165, 1.54) is 43.5 Å². The van der Waals surface area contributed by atoms with Crippen molar-refractivity contribution in [3.8, 4) is 0 Å². The summed E-state index contributed by atoms with van der Waals surface area (Å²) < 4.78 is 6.05. The molecule has 3 rings (SSSR count). The molecule has 1 atom stereocenters. The van der Waals surface area contributed by atoms with Crippen LogP contribution in [0.3, 0.4) is 0 Å². The zero-order chi connectivity index (χ0) is 14.5. The molecule has 2 aliphatic heterocycles. The van der Waals surface area contributed by atoms with Crippen LogP contribution in [0.5, 0.6) is 0 Å². The molecule has 1 aromatic rings. The highest BCUT2D eigenvalue weighted by molar-refractivity contribution is 5.31. The summed E-state index contributed by atoms with van der Waals surface area (Å²) in [6.45, 7) is 5.56. The van der Waals surface area contributed by atoms with Crippen LogP contribution in [0.15, 0.2) is 24.3 Å². The summed E-state index contributed by atoms with van der Waals surface area (Å²) >= 11 is 0. The van der Waals surface area contributed by atoms with Gasteiger partial charge >= 0.3 is 0 Å². The normalized spacial score (nSPS) is 24.0. The third-order valence-corrected chi connectivity index (χ3v) is 5.03. The number of nitrogens with one attached hydrogen (secondary N) is 1. The summed E-state index contributed by atoms with van der Waals surface area (Å²) in [5.74, 6) is 0.910. The van der Waals surface area contributed by atoms with E-state index in [1.807, 2.05) is 7.05 Å². The van der Waals surface area contributed by atoms with E-state index in [0.29, 0.717) is 0 Å². The fourth-order valence-electron chi connectivity index (χ4n) is 3.67. The Morgan fingerprint density at radius 2 is 2.05 bits per heavy atom. The van der Waals surface area contributed by atoms with E-state index < -0.39 is 0 Å². The Morgan fingerprint density at radius 3 is 2.86 bits per heavy atom. The second-order valence-electron chi connectivity index (χ2n) is 6.44. The third kappa shape index (κ3) is 3.85. The Labute approximate surface area is 128 Å². The summed E-state index contributed by atoms with van der Waals surface area (Å²) in [5.41, 5.74) is 2.90. The lowest BCUT2D eigenvalue weighted by atomic mass is 9.92. The van der Waals surface area contributed by atoms with E-state index in [4.69, 9.17) is 4.74 Å². The summed E-state index contributed by atoms with van der Waals surface area (Å²) in [6.07, 6.45) is 5.36. The van der Waals surface area contributed by atoms with Crippen LogP contribution in [0, 0.1) is 5.92 Å². The van der Waals surface area contributed by atoms with Gasteiger partial charge < -0.3 is 15.0 Å². The summed E-state index contributed by atoms with van der Waals surface area (Å²) in [5, 5.41) is 3.27. The van der Waals surface area contributed by atoms with Crippen molar-refractivity contribution in [2.75, 3.05) is 39.8 Å². The first-order valence-electron chi connectivity index (χ1n) is 8.43. The molecule has 2 aliphatic rings. The lowest BCUT2D eigenvalue weighted by molar-refractivity contribution is 0.00836. The molecule has 1 aromatic carbocycles. The maximum atomic E-state index is 6.05. The van der Waals surface area contributed by atoms with Crippen LogP contribution in [0.25, 0.3) is 0 Å². The Hall–Kier alpha value is -0.900. The van der Waals surface area contributed by atoms with E-state index in [-0.39, 0.29) is 6.10 Å². The van der Waals surface area contributed by atoms with Crippen molar-refractivity contribution < 1.29 is 4.74 Å². The van der Waals surface area contributed by atoms with Crippen LogP contribution in [0.4, 0.5) is 0 Å². The maximum Gasteiger partial charge on any atom is 0.0954 e. The van der Waals surface area contributed by atoms with Crippen molar-refractivity contribution in [3.05, 3.63) is 35.4 Å². The Kier molecular flexibility index (Phi) is 5.28. The van der Waals surface area contributed by atoms with Crippen molar-refractivity contribution in [1.29, 1.82) is 0 Å². The molecule has 0 bridgehead atoms. The number of piperidine rings is 1. The van der Waals surface area contributed by atoms with Crippen LogP contribution in [-0.4, -0.2) is 44.7 Å². The van der Waals surface area contributed by atoms with E-state index in [1.54, 1.807) is 0 Å². The predicted octanol–water partition coefficient (Wildman–Crippen LogP) is 2.62. The van der Waals surface area contributed by atoms with Crippen LogP contribution in [0.1, 0.15) is 36.5 Å². The Bertz CT molecular complexity index is 441. The second-order valence-corrected chi connectivity index (χ2v) is 6.44. The van der Waals surface area contributed by atoms with Gasteiger partial charge in [-0.2, -0.15) is 0 Å². The summed E-state index contributed by atoms with van der Waals surface area (Å²) in [7, 11) is 2.05. The molecule has 1 fully saturated rings. The van der Waals surface area contributed by atoms with Gasteiger partial charge in [0.15, 0.2) is 0 Å². The van der Waals surface area contributed by atoms with Gasteiger partial charge in [0.2, 0.25) is 0 Å². The van der Waals surface area contributed by atoms with Gasteiger partial charge in [-0.15, -0.1) is 0 Å². The lowest BCUT2D eigenvalue weighted by Gasteiger charge is -2.36. The monoisotopic (exact) mass is 288 g/mol. The molecule has 3 heteroatoms. The molecule has 21 heavy (non-hydrogen) atoms. The largest absolute Gasteiger partial charge is 0.372 e. The highest BCUT2D eigenvalue weighted by atomic mass is 16.5. The predicted molar refractivity (Wildman–Crippen MR) is 86.5 cm³/mol. The number of hydrogen-bond donors (Lipinski definition) is 1. The van der Waals surface area contributed by atoms with Crippen molar-refractivity contribution in [3.63, 3.8) is 0 Å². The molecule has 0 aromatic heterocycles. The number of fused-ring (bicyclic) bond motifs is 1. The Balaban J connectivity index is 1.52. The van der Waals surface area contributed by atoms with Gasteiger partial charge in [-0.05, 0) is 69.4 Å². The highest BCUT2D eigenvalue weighted by Crippen LogP contribution is 2.29. The second kappa shape index (κ2) is 7.39. The maximum absolute atomic E-state index is 6.05. The van der Waals surface area contributed by atoms with E-state index in [2.05, 4.69) is 34.5 Å². The minimum Gasteiger partial charge on any atom is -0.372 e. The molecule has 0 spiro atoms. The van der Waals surface area contributed by atoms with Crippen LogP contribution in [0.2, 0.25) is 0 Å². The van der Waals surface area contributed by atoms with Crippen LogP contribution < -0.4 is 5.32 Å². The molecule has 0 radical (unpaired) electrons. The molecule has 0 aliphatic carbocycles. The van der Waals surface area contributed by atoms with Crippen LogP contribution in [-0.2, 0) is 11.2 Å². The molecule has 116 valence electrons. The van der Waals surface area contributed by atoms with Crippen molar-refractivity contribution in [1.82, 2.24) is 10.2 Å². The first kappa shape index (κ1) is 15.0. The lowest BCUT2D eigenvalue weighted by Crippen LogP contribution is -2.38. The molecule has 0 saturated carbocycles. The zero-order valence-electron chi connectivity index (χ0n) is 13.2. The first-order valence-corrected chi connectivity index (χ1v) is 8.43. The first-order chi connectivity index (χ1) is 10.4. The van der Waals surface area contributed by atoms with Gasteiger partial charge in [-0.25, -0.2) is 0 Å². The number of likely N-dealkylation sites (tertiary alicyclic amines) is 1. The van der Waals surface area contributed by atoms with Crippen molar-refractivity contribution in [2.45, 2.75) is 31.8 Å². The van der Waals surface area contributed by atoms with Gasteiger partial charge in [0.05, 0.1) is 12.7 Å². The molecule has 1 unspecified atom stereocenters. The van der Waals surface area contributed by atoms with Gasteiger partial charge in [-0.3, -0.25) is 0 Å². The minimum absolute atomic E-state index is 0.281. The van der Waals surface area contributed by atoms with Crippen molar-refractivity contribution >= 4 is 0 Å². The molecular weight excluding hydrogens is 260 g/mol. The zero-order valence-corrected chi connectivity index (χ0v) is 13.2. The molecule has 1 N–H and O–H groups in total. The number of benzene rings is 1. The van der Waals surface area contributed by atoms with E-state index >= 15 is 0 Å². The van der Waals surface area contributed by atoms with Gasteiger partial charge in [0.1, 0.15) is 0 Å². The van der Waals surface area contributed by atoms with Crippen molar-refractivity contribution in [2.24, 2.45) is 5.92 Å². The average Bonchev–Trinajstić information content (AvgIpc) is 2.55. The molecule has 1 saturated heterocycles. The fourth-order valence-corrected chi connectivity index (χ4v) is 3.67. The standard InChI is InChI=1S/C18H28N2O/c1-19-10-6-15-7-11-20(12-8-15)14-18-17-5-3-2-4-16(17)9-13-21-18/h2-5,15,18-19H,6-14H2,1H3. The van der Waals surface area contributed by atoms with Gasteiger partial charge in [-0.1, -0.05) is 24.3 Å². The highest BCUT2D eigenvalue weighted by Gasteiger charge is 2.25. The van der Waals surface area contributed by atoms with E-state index in [0.717, 1.165) is 32.0 Å². The smallest absolute Gasteiger partial charge is 0.0954 e. The molecule has 2 heterocycles. The average molecular weight is 288 g/mol. The SMILES string of the molecule is CNCCC1CCN(CC2OCCc3ccccc32)CC1. The number of rotatable bonds is 5. The fraction of sp³-hybridized carbons (Fsp3) is 0.667. The number of nitrogens with zero attached hydrogens (tertiary/aromatic N) is 1. The topological polar surface area (TPSA) is 24.5 Å². The van der Waals surface area contributed by atoms with Gasteiger partial charge in [0.25, 0.3) is 0 Å². The molecule has 0 amide bonds. The third-order valence-electron chi connectivity index (χ3n) is 5.03. The van der Waals surface area contributed by atoms with Gasteiger partial charge in [0, 0.05) is 6.54 Å². The quantitative estimate of drug-likeness (QED) is 0.901. The molecule has 3 nitrogen and oxygen atoms in total. The van der Waals surface area contributed by atoms with Crippen LogP contribution >= 0.6 is 0 Å². The minimum atomic E-state index is 0.281.